The first-order chi connectivity index (χ1) is 11.6. The summed E-state index contributed by atoms with van der Waals surface area (Å²) in [5.74, 6) is -0.0451. The van der Waals surface area contributed by atoms with Crippen molar-refractivity contribution in [3.05, 3.63) is 29.8 Å². The van der Waals surface area contributed by atoms with Gasteiger partial charge in [0.25, 0.3) is 0 Å². The minimum atomic E-state index is -0.398. The van der Waals surface area contributed by atoms with Gasteiger partial charge in [-0.05, 0) is 30.5 Å². The highest BCUT2D eigenvalue weighted by atomic mass is 32.2. The van der Waals surface area contributed by atoms with Gasteiger partial charge in [0.2, 0.25) is 11.8 Å². The van der Waals surface area contributed by atoms with Crippen LogP contribution in [0.4, 0.5) is 5.69 Å². The highest BCUT2D eigenvalue weighted by Gasteiger charge is 2.18. The summed E-state index contributed by atoms with van der Waals surface area (Å²) in [5.41, 5.74) is 7.34. The van der Waals surface area contributed by atoms with Gasteiger partial charge < -0.3 is 16.0 Å². The third-order valence-corrected chi connectivity index (χ3v) is 5.39. The molecule has 0 radical (unpaired) electrons. The van der Waals surface area contributed by atoms with Crippen LogP contribution in [0.1, 0.15) is 37.7 Å². The zero-order valence-electron chi connectivity index (χ0n) is 14.3. The fraction of sp³-hybridized carbons (Fsp3) is 0.556. The highest BCUT2D eigenvalue weighted by Crippen LogP contribution is 2.26. The second kappa shape index (κ2) is 9.57. The van der Waals surface area contributed by atoms with Gasteiger partial charge in [-0.25, -0.2) is 0 Å². The molecule has 5 nitrogen and oxygen atoms in total. The van der Waals surface area contributed by atoms with E-state index < -0.39 is 5.91 Å². The largest absolute Gasteiger partial charge is 0.372 e. The number of hydrogen-bond donors (Lipinski definition) is 2. The van der Waals surface area contributed by atoms with Crippen molar-refractivity contribution in [3.63, 3.8) is 0 Å². The minimum Gasteiger partial charge on any atom is -0.372 e. The van der Waals surface area contributed by atoms with Crippen LogP contribution >= 0.6 is 11.8 Å². The molecule has 1 aromatic carbocycles. The number of carbonyl (C=O) groups excluding carboxylic acids is 2. The molecule has 1 aliphatic rings. The maximum atomic E-state index is 11.7. The molecule has 1 saturated carbocycles. The maximum absolute atomic E-state index is 11.7. The van der Waals surface area contributed by atoms with Crippen LogP contribution in [0.5, 0.6) is 0 Å². The van der Waals surface area contributed by atoms with Crippen LogP contribution in [-0.4, -0.2) is 36.4 Å². The molecule has 0 atom stereocenters. The molecule has 0 unspecified atom stereocenters. The number of amides is 2. The summed E-state index contributed by atoms with van der Waals surface area (Å²) in [4.78, 5) is 24.7. The smallest absolute Gasteiger partial charge is 0.230 e. The van der Waals surface area contributed by atoms with Crippen LogP contribution < -0.4 is 16.0 Å². The zero-order chi connectivity index (χ0) is 17.4. The molecule has 0 bridgehead atoms. The summed E-state index contributed by atoms with van der Waals surface area (Å²) in [6.07, 6.45) is 6.56. The second-order valence-electron chi connectivity index (χ2n) is 6.31. The number of benzene rings is 1. The molecule has 1 aromatic rings. The number of rotatable bonds is 8. The molecular weight excluding hydrogens is 322 g/mol. The van der Waals surface area contributed by atoms with Gasteiger partial charge in [0.05, 0.1) is 11.5 Å². The quantitative estimate of drug-likeness (QED) is 0.755. The van der Waals surface area contributed by atoms with E-state index in [1.807, 2.05) is 0 Å². The van der Waals surface area contributed by atoms with Gasteiger partial charge >= 0.3 is 0 Å². The van der Waals surface area contributed by atoms with E-state index in [4.69, 9.17) is 5.73 Å². The van der Waals surface area contributed by atoms with Crippen LogP contribution in [0, 0.1) is 0 Å². The number of primary amides is 1. The monoisotopic (exact) mass is 349 g/mol. The van der Waals surface area contributed by atoms with Crippen molar-refractivity contribution in [2.24, 2.45) is 5.73 Å². The summed E-state index contributed by atoms with van der Waals surface area (Å²) < 4.78 is 0. The molecule has 1 aliphatic carbocycles. The first kappa shape index (κ1) is 18.6. The van der Waals surface area contributed by atoms with Gasteiger partial charge in [-0.15, -0.1) is 11.8 Å². The van der Waals surface area contributed by atoms with Gasteiger partial charge in [0, 0.05) is 25.3 Å². The number of carbonyl (C=O) groups is 2. The van der Waals surface area contributed by atoms with Crippen molar-refractivity contribution in [1.29, 1.82) is 0 Å². The van der Waals surface area contributed by atoms with Crippen LogP contribution in [0.15, 0.2) is 24.3 Å². The fourth-order valence-electron chi connectivity index (χ4n) is 3.02. The van der Waals surface area contributed by atoms with E-state index >= 15 is 0 Å². The Balaban J connectivity index is 1.77. The summed E-state index contributed by atoms with van der Waals surface area (Å²) >= 11 is 1.23. The summed E-state index contributed by atoms with van der Waals surface area (Å²) in [5, 5.41) is 2.86. The van der Waals surface area contributed by atoms with E-state index in [0.717, 1.165) is 5.56 Å². The SMILES string of the molecule is CN(c1ccc(CNC(=O)CSCC(N)=O)cc1)C1CCCCC1. The van der Waals surface area contributed by atoms with Crippen molar-refractivity contribution in [1.82, 2.24) is 5.32 Å². The molecule has 0 saturated heterocycles. The number of thioether (sulfide) groups is 1. The van der Waals surface area contributed by atoms with Crippen molar-refractivity contribution >= 4 is 29.3 Å². The number of hydrogen-bond acceptors (Lipinski definition) is 4. The molecule has 0 aromatic heterocycles. The molecule has 0 aliphatic heterocycles. The van der Waals surface area contributed by atoms with E-state index in [2.05, 4.69) is 41.5 Å². The van der Waals surface area contributed by atoms with Gasteiger partial charge in [-0.2, -0.15) is 0 Å². The molecule has 3 N–H and O–H groups in total. The maximum Gasteiger partial charge on any atom is 0.230 e. The average Bonchev–Trinajstić information content (AvgIpc) is 2.60. The van der Waals surface area contributed by atoms with Crippen molar-refractivity contribution in [3.8, 4) is 0 Å². The number of anilines is 1. The lowest BCUT2D eigenvalue weighted by atomic mass is 9.94. The van der Waals surface area contributed by atoms with Gasteiger partial charge in [-0.1, -0.05) is 31.4 Å². The van der Waals surface area contributed by atoms with Gasteiger partial charge in [-0.3, -0.25) is 9.59 Å². The summed E-state index contributed by atoms with van der Waals surface area (Å²) in [7, 11) is 2.17. The van der Waals surface area contributed by atoms with Gasteiger partial charge in [0.1, 0.15) is 0 Å². The van der Waals surface area contributed by atoms with Crippen LogP contribution in [0.2, 0.25) is 0 Å². The van der Waals surface area contributed by atoms with Crippen LogP contribution in [-0.2, 0) is 16.1 Å². The topological polar surface area (TPSA) is 75.4 Å². The van der Waals surface area contributed by atoms with Crippen molar-refractivity contribution in [2.45, 2.75) is 44.7 Å². The third-order valence-electron chi connectivity index (χ3n) is 4.43. The second-order valence-corrected chi connectivity index (χ2v) is 7.29. The van der Waals surface area contributed by atoms with E-state index in [1.165, 1.54) is 49.6 Å². The predicted molar refractivity (Wildman–Crippen MR) is 100 cm³/mol. The van der Waals surface area contributed by atoms with Crippen molar-refractivity contribution in [2.75, 3.05) is 23.5 Å². The number of nitrogens with one attached hydrogen (secondary N) is 1. The minimum absolute atomic E-state index is 0.0790. The number of nitrogens with two attached hydrogens (primary N) is 1. The molecule has 132 valence electrons. The Labute approximate surface area is 148 Å². The predicted octanol–water partition coefficient (Wildman–Crippen LogP) is 2.29. The fourth-order valence-corrected chi connectivity index (χ4v) is 3.61. The van der Waals surface area contributed by atoms with Crippen LogP contribution in [0.25, 0.3) is 0 Å². The Morgan fingerprint density at radius 3 is 2.46 bits per heavy atom. The first-order valence-electron chi connectivity index (χ1n) is 8.51. The highest BCUT2D eigenvalue weighted by molar-refractivity contribution is 8.00. The van der Waals surface area contributed by atoms with E-state index in [9.17, 15) is 9.59 Å². The molecule has 2 rings (SSSR count). The van der Waals surface area contributed by atoms with E-state index in [1.54, 1.807) is 0 Å². The molecule has 2 amide bonds. The van der Waals surface area contributed by atoms with Crippen molar-refractivity contribution < 1.29 is 9.59 Å². The molecular formula is C18H27N3O2S. The molecule has 0 spiro atoms. The number of nitrogens with zero attached hydrogens (tertiary/aromatic N) is 1. The average molecular weight is 350 g/mol. The molecule has 24 heavy (non-hydrogen) atoms. The van der Waals surface area contributed by atoms with E-state index in [0.29, 0.717) is 12.6 Å². The first-order valence-corrected chi connectivity index (χ1v) is 9.66. The Bertz CT molecular complexity index is 542. The lowest BCUT2D eigenvalue weighted by Gasteiger charge is -2.33. The summed E-state index contributed by atoms with van der Waals surface area (Å²) in [6.45, 7) is 0.503. The Kier molecular flexibility index (Phi) is 7.43. The standard InChI is InChI=1S/C18H27N3O2S/c1-21(15-5-3-2-4-6-15)16-9-7-14(8-10-16)11-20-18(23)13-24-12-17(19)22/h7-10,15H,2-6,11-13H2,1H3,(H2,19,22)(H,20,23). The lowest BCUT2D eigenvalue weighted by molar-refractivity contribution is -0.118. The molecule has 1 fully saturated rings. The normalized spacial score (nSPS) is 15.0. The lowest BCUT2D eigenvalue weighted by Crippen LogP contribution is -2.33. The Hall–Kier alpha value is -1.69. The van der Waals surface area contributed by atoms with Crippen LogP contribution in [0.3, 0.4) is 0 Å². The Morgan fingerprint density at radius 1 is 1.17 bits per heavy atom. The zero-order valence-corrected chi connectivity index (χ0v) is 15.1. The molecule has 6 heteroatoms. The Morgan fingerprint density at radius 2 is 1.83 bits per heavy atom. The third kappa shape index (κ3) is 6.07. The van der Waals surface area contributed by atoms with Gasteiger partial charge in [0.15, 0.2) is 0 Å². The summed E-state index contributed by atoms with van der Waals surface area (Å²) in [6, 6.07) is 9.01. The molecule has 0 heterocycles. The van der Waals surface area contributed by atoms with E-state index in [-0.39, 0.29) is 17.4 Å².